The molecule has 0 radical (unpaired) electrons. The first-order chi connectivity index (χ1) is 13.2. The van der Waals surface area contributed by atoms with Crippen LogP contribution in [0.2, 0.25) is 0 Å². The van der Waals surface area contributed by atoms with E-state index in [1.165, 1.54) is 0 Å². The zero-order valence-electron chi connectivity index (χ0n) is 16.6. The summed E-state index contributed by atoms with van der Waals surface area (Å²) in [5, 5.41) is 1.81. The van der Waals surface area contributed by atoms with Crippen LogP contribution in [-0.2, 0) is 21.8 Å². The lowest BCUT2D eigenvalue weighted by atomic mass is 10.4. The van der Waals surface area contributed by atoms with E-state index in [1.54, 1.807) is 0 Å². The molecule has 0 saturated carbocycles. The molecule has 0 aliphatic carbocycles. The Morgan fingerprint density at radius 2 is 0.815 bits per heavy atom. The fourth-order valence-electron chi connectivity index (χ4n) is 2.87. The second kappa shape index (κ2) is 10.9. The molecule has 0 amide bonds. The van der Waals surface area contributed by atoms with Gasteiger partial charge in [0.1, 0.15) is 0 Å². The summed E-state index contributed by atoms with van der Waals surface area (Å²) in [4.78, 5) is 0. The number of hydrogen-bond acceptors (Lipinski definition) is 5. The van der Waals surface area contributed by atoms with Crippen LogP contribution in [0.4, 0.5) is 0 Å². The topological polar surface area (TPSA) is 46.2 Å². The minimum absolute atomic E-state index is 0.471. The fraction of sp³-hybridized carbons (Fsp3) is 0.400. The van der Waals surface area contributed by atoms with Gasteiger partial charge in [-0.3, -0.25) is 0 Å². The molecule has 0 atom stereocenters. The van der Waals surface area contributed by atoms with E-state index in [0.717, 1.165) is 10.4 Å². The summed E-state index contributed by atoms with van der Waals surface area (Å²) in [7, 11) is -6.51. The minimum atomic E-state index is -3.25. The molecular weight excluding hydrogens is 376 g/mol. The van der Waals surface area contributed by atoms with Gasteiger partial charge in [-0.05, 0) is 27.7 Å². The zero-order valence-corrected chi connectivity index (χ0v) is 18.6. The Morgan fingerprint density at radius 1 is 0.519 bits per heavy atom. The van der Waals surface area contributed by atoms with Gasteiger partial charge in [0, 0.05) is 36.8 Å². The highest BCUT2D eigenvalue weighted by atomic mass is 28.5. The number of hydrogen-bond donors (Lipinski definition) is 0. The second-order valence-corrected chi connectivity index (χ2v) is 11.0. The summed E-state index contributed by atoms with van der Waals surface area (Å²) < 4.78 is 31.5. The van der Waals surface area contributed by atoms with Crippen molar-refractivity contribution in [3.63, 3.8) is 0 Å². The lowest BCUT2D eigenvalue weighted by Crippen LogP contribution is -2.69. The van der Waals surface area contributed by atoms with Crippen molar-refractivity contribution in [1.29, 1.82) is 0 Å². The summed E-state index contributed by atoms with van der Waals surface area (Å²) >= 11 is 0. The molecule has 5 nitrogen and oxygen atoms in total. The highest BCUT2D eigenvalue weighted by Gasteiger charge is 2.56. The Bertz CT molecular complexity index is 584. The largest absolute Gasteiger partial charge is 0.530 e. The van der Waals surface area contributed by atoms with Crippen LogP contribution in [0.5, 0.6) is 0 Å². The Hall–Kier alpha value is -1.33. The van der Waals surface area contributed by atoms with Crippen LogP contribution in [0.15, 0.2) is 60.7 Å². The van der Waals surface area contributed by atoms with Gasteiger partial charge in [-0.2, -0.15) is 0 Å². The van der Waals surface area contributed by atoms with Gasteiger partial charge in [-0.15, -0.1) is 0 Å². The number of benzene rings is 2. The Kier molecular flexibility index (Phi) is 8.84. The van der Waals surface area contributed by atoms with Crippen molar-refractivity contribution in [3.05, 3.63) is 60.7 Å². The Labute approximate surface area is 164 Å². The van der Waals surface area contributed by atoms with E-state index in [0.29, 0.717) is 26.4 Å². The third kappa shape index (κ3) is 5.35. The van der Waals surface area contributed by atoms with Crippen LogP contribution in [0.25, 0.3) is 0 Å². The summed E-state index contributed by atoms with van der Waals surface area (Å²) in [6.45, 7) is 9.66. The molecule has 0 bridgehead atoms. The van der Waals surface area contributed by atoms with Gasteiger partial charge < -0.3 is 21.8 Å². The molecule has 0 heterocycles. The van der Waals surface area contributed by atoms with Crippen LogP contribution < -0.4 is 10.4 Å². The second-order valence-electron chi connectivity index (χ2n) is 5.68. The molecule has 0 saturated heterocycles. The lowest BCUT2D eigenvalue weighted by Gasteiger charge is -2.38. The summed E-state index contributed by atoms with van der Waals surface area (Å²) in [6, 6.07) is 19.7. The predicted octanol–water partition coefficient (Wildman–Crippen LogP) is 2.84. The molecule has 0 aliphatic rings. The van der Waals surface area contributed by atoms with Crippen molar-refractivity contribution < 1.29 is 21.8 Å². The lowest BCUT2D eigenvalue weighted by molar-refractivity contribution is 0.0674. The average molecular weight is 407 g/mol. The van der Waals surface area contributed by atoms with Gasteiger partial charge in [0.05, 0.1) is 0 Å². The minimum Gasteiger partial charge on any atom is -0.371 e. The molecular formula is C20H30O5Si2. The summed E-state index contributed by atoms with van der Waals surface area (Å²) in [5.74, 6) is 0. The van der Waals surface area contributed by atoms with Crippen LogP contribution in [-0.4, -0.2) is 44.0 Å². The molecule has 0 N–H and O–H groups in total. The van der Waals surface area contributed by atoms with Crippen molar-refractivity contribution in [2.45, 2.75) is 27.7 Å². The average Bonchev–Trinajstić information content (AvgIpc) is 2.70. The molecule has 0 aromatic heterocycles. The molecule has 27 heavy (non-hydrogen) atoms. The predicted molar refractivity (Wildman–Crippen MR) is 111 cm³/mol. The first kappa shape index (κ1) is 22.0. The van der Waals surface area contributed by atoms with Gasteiger partial charge in [0.25, 0.3) is 0 Å². The monoisotopic (exact) mass is 406 g/mol. The SMILES string of the molecule is CCO[Si](OCC)(O[Si](OCC)(OCC)c1ccccc1)c1ccccc1. The molecule has 2 rings (SSSR count). The van der Waals surface area contributed by atoms with Gasteiger partial charge >= 0.3 is 17.6 Å². The van der Waals surface area contributed by atoms with Gasteiger partial charge in [0.15, 0.2) is 0 Å². The standard InChI is InChI=1S/C20H30O5Si2/c1-5-21-26(22-6-2,19-15-11-9-12-16-19)25-27(23-7-3,24-8-4)20-17-13-10-14-18-20/h9-18H,5-8H2,1-4H3. The fourth-order valence-corrected chi connectivity index (χ4v) is 9.73. The van der Waals surface area contributed by atoms with E-state index < -0.39 is 17.6 Å². The van der Waals surface area contributed by atoms with Crippen molar-refractivity contribution in [2.75, 3.05) is 26.4 Å². The molecule has 148 valence electrons. The molecule has 2 aromatic carbocycles. The molecule has 0 aliphatic heterocycles. The van der Waals surface area contributed by atoms with Gasteiger partial charge in [-0.1, -0.05) is 60.7 Å². The summed E-state index contributed by atoms with van der Waals surface area (Å²) in [6.07, 6.45) is 0. The van der Waals surface area contributed by atoms with Crippen molar-refractivity contribution in [2.24, 2.45) is 0 Å². The molecule has 2 aromatic rings. The quantitative estimate of drug-likeness (QED) is 0.507. The van der Waals surface area contributed by atoms with E-state index >= 15 is 0 Å². The normalized spacial score (nSPS) is 12.3. The van der Waals surface area contributed by atoms with E-state index in [-0.39, 0.29) is 0 Å². The van der Waals surface area contributed by atoms with Gasteiger partial charge in [0.2, 0.25) is 0 Å². The van der Waals surface area contributed by atoms with Crippen LogP contribution >= 0.6 is 0 Å². The molecule has 7 heteroatoms. The molecule has 0 spiro atoms. The highest BCUT2D eigenvalue weighted by molar-refractivity contribution is 6.88. The Balaban J connectivity index is 2.57. The van der Waals surface area contributed by atoms with Crippen molar-refractivity contribution >= 4 is 28.0 Å². The van der Waals surface area contributed by atoms with Crippen molar-refractivity contribution in [3.8, 4) is 0 Å². The first-order valence-electron chi connectivity index (χ1n) is 9.53. The number of rotatable bonds is 12. The van der Waals surface area contributed by atoms with Crippen LogP contribution in [0.1, 0.15) is 27.7 Å². The van der Waals surface area contributed by atoms with E-state index in [4.69, 9.17) is 21.8 Å². The van der Waals surface area contributed by atoms with Gasteiger partial charge in [-0.25, -0.2) is 0 Å². The van der Waals surface area contributed by atoms with E-state index in [9.17, 15) is 0 Å². The smallest absolute Gasteiger partial charge is 0.371 e. The summed E-state index contributed by atoms with van der Waals surface area (Å²) in [5.41, 5.74) is 0. The van der Waals surface area contributed by atoms with Crippen LogP contribution in [0.3, 0.4) is 0 Å². The third-order valence-corrected chi connectivity index (χ3v) is 10.8. The molecule has 0 fully saturated rings. The van der Waals surface area contributed by atoms with Crippen molar-refractivity contribution in [1.82, 2.24) is 0 Å². The maximum atomic E-state index is 6.75. The molecule has 0 unspecified atom stereocenters. The van der Waals surface area contributed by atoms with E-state index in [2.05, 4.69) is 0 Å². The maximum Gasteiger partial charge on any atom is 0.530 e. The van der Waals surface area contributed by atoms with Crippen LogP contribution in [0, 0.1) is 0 Å². The van der Waals surface area contributed by atoms with E-state index in [1.807, 2.05) is 88.4 Å². The third-order valence-electron chi connectivity index (χ3n) is 3.86. The highest BCUT2D eigenvalue weighted by Crippen LogP contribution is 2.21. The first-order valence-corrected chi connectivity index (χ1v) is 13.0. The Morgan fingerprint density at radius 3 is 1.07 bits per heavy atom. The zero-order chi connectivity index (χ0) is 19.6. The maximum absolute atomic E-state index is 6.75.